The first-order chi connectivity index (χ1) is 9.98. The third-order valence-electron chi connectivity index (χ3n) is 3.95. The maximum atomic E-state index is 11.9. The van der Waals surface area contributed by atoms with Gasteiger partial charge in [-0.3, -0.25) is 4.79 Å². The fraction of sp³-hybridized carbons (Fsp3) is 0.278. The van der Waals surface area contributed by atoms with Gasteiger partial charge in [0.2, 0.25) is 0 Å². The number of carboxylic acids is 1. The van der Waals surface area contributed by atoms with Crippen LogP contribution in [0.2, 0.25) is 0 Å². The smallest absolute Gasteiger partial charge is 0.315 e. The van der Waals surface area contributed by atoms with Gasteiger partial charge in [0.25, 0.3) is 0 Å². The molecule has 2 rings (SSSR count). The van der Waals surface area contributed by atoms with Crippen LogP contribution >= 0.6 is 0 Å². The summed E-state index contributed by atoms with van der Waals surface area (Å²) in [6.45, 7) is 4.05. The van der Waals surface area contributed by atoms with Crippen molar-refractivity contribution in [2.45, 2.75) is 25.7 Å². The van der Waals surface area contributed by atoms with E-state index in [0.29, 0.717) is 6.42 Å². The zero-order chi connectivity index (χ0) is 15.5. The van der Waals surface area contributed by atoms with E-state index in [4.69, 9.17) is 5.73 Å². The largest absolute Gasteiger partial charge is 0.481 e. The summed E-state index contributed by atoms with van der Waals surface area (Å²) in [5, 5.41) is 9.80. The van der Waals surface area contributed by atoms with Crippen molar-refractivity contribution in [1.82, 2.24) is 0 Å². The molecule has 110 valence electrons. The number of aliphatic carboxylic acids is 1. The molecule has 0 aliphatic rings. The fourth-order valence-electron chi connectivity index (χ4n) is 2.62. The number of nitrogens with two attached hydrogens (primary N) is 1. The number of aryl methyl sites for hydroxylation is 2. The topological polar surface area (TPSA) is 63.3 Å². The van der Waals surface area contributed by atoms with E-state index in [1.807, 2.05) is 62.4 Å². The third-order valence-corrected chi connectivity index (χ3v) is 3.95. The number of carbonyl (C=O) groups is 1. The highest BCUT2D eigenvalue weighted by atomic mass is 16.4. The van der Waals surface area contributed by atoms with Crippen LogP contribution in [-0.2, 0) is 16.6 Å². The van der Waals surface area contributed by atoms with E-state index in [-0.39, 0.29) is 6.54 Å². The molecule has 3 heteroatoms. The Balaban J connectivity index is 2.46. The molecule has 0 bridgehead atoms. The Morgan fingerprint density at radius 3 is 2.29 bits per heavy atom. The molecule has 2 aromatic carbocycles. The van der Waals surface area contributed by atoms with Gasteiger partial charge in [0.1, 0.15) is 5.41 Å². The second-order valence-electron chi connectivity index (χ2n) is 5.62. The lowest BCUT2D eigenvalue weighted by Gasteiger charge is -2.29. The molecule has 0 aliphatic carbocycles. The van der Waals surface area contributed by atoms with Gasteiger partial charge in [-0.1, -0.05) is 59.7 Å². The SMILES string of the molecule is Cc1ccc(C(CN)(Cc2cccc(C)c2)C(=O)O)cc1. The van der Waals surface area contributed by atoms with E-state index in [1.165, 1.54) is 0 Å². The van der Waals surface area contributed by atoms with Crippen LogP contribution < -0.4 is 5.73 Å². The standard InChI is InChI=1S/C18H21NO2/c1-13-6-8-16(9-7-13)18(12-19,17(20)21)11-15-5-3-4-14(2)10-15/h3-10H,11-12,19H2,1-2H3,(H,20,21). The lowest BCUT2D eigenvalue weighted by atomic mass is 9.75. The Bertz CT molecular complexity index is 634. The molecule has 0 saturated carbocycles. The molecule has 0 saturated heterocycles. The van der Waals surface area contributed by atoms with Gasteiger partial charge in [-0.2, -0.15) is 0 Å². The van der Waals surface area contributed by atoms with Gasteiger partial charge < -0.3 is 10.8 Å². The van der Waals surface area contributed by atoms with Crippen LogP contribution in [0, 0.1) is 13.8 Å². The van der Waals surface area contributed by atoms with Crippen LogP contribution in [0.25, 0.3) is 0 Å². The Labute approximate surface area is 125 Å². The number of hydrogen-bond acceptors (Lipinski definition) is 2. The molecule has 0 radical (unpaired) electrons. The van der Waals surface area contributed by atoms with Gasteiger partial charge in [0, 0.05) is 6.54 Å². The molecule has 0 aromatic heterocycles. The van der Waals surface area contributed by atoms with Crippen molar-refractivity contribution in [1.29, 1.82) is 0 Å². The van der Waals surface area contributed by atoms with Gasteiger partial charge in [-0.25, -0.2) is 0 Å². The molecular weight excluding hydrogens is 262 g/mol. The van der Waals surface area contributed by atoms with Crippen LogP contribution in [0.15, 0.2) is 48.5 Å². The summed E-state index contributed by atoms with van der Waals surface area (Å²) in [5.41, 5.74) is 8.77. The van der Waals surface area contributed by atoms with Crippen molar-refractivity contribution < 1.29 is 9.90 Å². The molecule has 0 heterocycles. The highest BCUT2D eigenvalue weighted by molar-refractivity contribution is 5.82. The van der Waals surface area contributed by atoms with Crippen LogP contribution in [0.5, 0.6) is 0 Å². The molecule has 3 N–H and O–H groups in total. The molecule has 1 atom stereocenters. The van der Waals surface area contributed by atoms with E-state index < -0.39 is 11.4 Å². The Morgan fingerprint density at radius 1 is 1.10 bits per heavy atom. The number of benzene rings is 2. The quantitative estimate of drug-likeness (QED) is 0.887. The van der Waals surface area contributed by atoms with Crippen LogP contribution in [0.1, 0.15) is 22.3 Å². The van der Waals surface area contributed by atoms with Gasteiger partial charge in [0.05, 0.1) is 0 Å². The van der Waals surface area contributed by atoms with Gasteiger partial charge >= 0.3 is 5.97 Å². The maximum absolute atomic E-state index is 11.9. The summed E-state index contributed by atoms with van der Waals surface area (Å²) < 4.78 is 0. The molecule has 21 heavy (non-hydrogen) atoms. The summed E-state index contributed by atoms with van der Waals surface area (Å²) >= 11 is 0. The predicted octanol–water partition coefficient (Wildman–Crippen LogP) is 2.83. The average molecular weight is 283 g/mol. The zero-order valence-corrected chi connectivity index (χ0v) is 12.5. The molecule has 0 fully saturated rings. The summed E-state index contributed by atoms with van der Waals surface area (Å²) in [7, 11) is 0. The molecular formula is C18H21NO2. The first-order valence-electron chi connectivity index (χ1n) is 7.04. The van der Waals surface area contributed by atoms with E-state index in [9.17, 15) is 9.90 Å². The minimum absolute atomic E-state index is 0.0688. The summed E-state index contributed by atoms with van der Waals surface area (Å²) in [6, 6.07) is 15.5. The van der Waals surface area contributed by atoms with E-state index in [0.717, 1.165) is 22.3 Å². The third kappa shape index (κ3) is 3.14. The van der Waals surface area contributed by atoms with E-state index >= 15 is 0 Å². The minimum atomic E-state index is -1.08. The van der Waals surface area contributed by atoms with Crippen molar-refractivity contribution in [2.75, 3.05) is 6.54 Å². The second kappa shape index (κ2) is 6.10. The zero-order valence-electron chi connectivity index (χ0n) is 12.5. The Morgan fingerprint density at radius 2 is 1.76 bits per heavy atom. The van der Waals surface area contributed by atoms with Gasteiger partial charge in [-0.05, 0) is 31.4 Å². The molecule has 3 nitrogen and oxygen atoms in total. The predicted molar refractivity (Wildman–Crippen MR) is 84.4 cm³/mol. The van der Waals surface area contributed by atoms with E-state index in [1.54, 1.807) is 0 Å². The van der Waals surface area contributed by atoms with Gasteiger partial charge in [-0.15, -0.1) is 0 Å². The highest BCUT2D eigenvalue weighted by Gasteiger charge is 2.39. The molecule has 0 amide bonds. The molecule has 2 aromatic rings. The summed E-state index contributed by atoms with van der Waals surface area (Å²) in [4.78, 5) is 11.9. The van der Waals surface area contributed by atoms with Gasteiger partial charge in [0.15, 0.2) is 0 Å². The fourth-order valence-corrected chi connectivity index (χ4v) is 2.62. The lowest BCUT2D eigenvalue weighted by Crippen LogP contribution is -2.45. The summed E-state index contributed by atoms with van der Waals surface area (Å²) in [5.74, 6) is -0.879. The Kier molecular flexibility index (Phi) is 4.43. The second-order valence-corrected chi connectivity index (χ2v) is 5.62. The van der Waals surface area contributed by atoms with E-state index in [2.05, 4.69) is 0 Å². The average Bonchev–Trinajstić information content (AvgIpc) is 2.45. The number of hydrogen-bond donors (Lipinski definition) is 2. The van der Waals surface area contributed by atoms with Crippen molar-refractivity contribution in [2.24, 2.45) is 5.73 Å². The lowest BCUT2D eigenvalue weighted by molar-refractivity contribution is -0.143. The Hall–Kier alpha value is -2.13. The molecule has 0 spiro atoms. The van der Waals surface area contributed by atoms with Crippen LogP contribution in [0.3, 0.4) is 0 Å². The first kappa shape index (κ1) is 15.3. The highest BCUT2D eigenvalue weighted by Crippen LogP contribution is 2.29. The van der Waals surface area contributed by atoms with Crippen molar-refractivity contribution in [3.63, 3.8) is 0 Å². The number of carboxylic acid groups (broad SMARTS) is 1. The maximum Gasteiger partial charge on any atom is 0.315 e. The molecule has 0 aliphatic heterocycles. The minimum Gasteiger partial charge on any atom is -0.481 e. The van der Waals surface area contributed by atoms with Crippen molar-refractivity contribution >= 4 is 5.97 Å². The monoisotopic (exact) mass is 283 g/mol. The van der Waals surface area contributed by atoms with Crippen molar-refractivity contribution in [3.8, 4) is 0 Å². The van der Waals surface area contributed by atoms with Crippen molar-refractivity contribution in [3.05, 3.63) is 70.8 Å². The molecule has 1 unspecified atom stereocenters. The number of rotatable bonds is 5. The summed E-state index contributed by atoms with van der Waals surface area (Å²) in [6.07, 6.45) is 0.392. The van der Waals surface area contributed by atoms with Crippen LogP contribution in [-0.4, -0.2) is 17.6 Å². The normalized spacial score (nSPS) is 13.7. The first-order valence-corrected chi connectivity index (χ1v) is 7.04. The van der Waals surface area contributed by atoms with Crippen LogP contribution in [0.4, 0.5) is 0 Å².